The molecule has 0 spiro atoms. The van der Waals surface area contributed by atoms with Crippen LogP contribution in [0.25, 0.3) is 0 Å². The molecule has 0 saturated heterocycles. The van der Waals surface area contributed by atoms with Crippen molar-refractivity contribution in [2.24, 2.45) is 17.3 Å². The Kier molecular flexibility index (Phi) is 5.26. The standard InChI is InChI=1S/C21H22N4S/c1-2-3-6-14-9-10-18(26-14)19-16-8-5-4-7-15(16)17(11-22)20(25)21(19,12-23)13-24/h7,9-10,16-17,19,25H,2-6,8H2,1H3/t16-,17-,19+/m1/s1. The van der Waals surface area contributed by atoms with Gasteiger partial charge in [-0.25, -0.2) is 0 Å². The SMILES string of the molecule is CCCCc1ccc([C@@H]2[C@@H]3CCCC=C3[C@@H](C#N)C(=N)C2(C#N)C#N)s1. The molecule has 3 atom stereocenters. The van der Waals surface area contributed by atoms with Gasteiger partial charge >= 0.3 is 0 Å². The number of nitrogens with zero attached hydrogens (tertiary/aromatic N) is 3. The van der Waals surface area contributed by atoms with Crippen molar-refractivity contribution in [2.45, 2.75) is 51.4 Å². The second-order valence-corrected chi connectivity index (χ2v) is 8.33. The van der Waals surface area contributed by atoms with Gasteiger partial charge in [0, 0.05) is 15.7 Å². The first-order valence-electron chi connectivity index (χ1n) is 9.22. The first kappa shape index (κ1) is 18.4. The van der Waals surface area contributed by atoms with Crippen LogP contribution in [0.2, 0.25) is 0 Å². The molecule has 0 aliphatic heterocycles. The molecule has 0 aromatic carbocycles. The second kappa shape index (κ2) is 7.45. The molecule has 0 unspecified atom stereocenters. The number of hydrogen-bond acceptors (Lipinski definition) is 5. The number of nitriles is 3. The van der Waals surface area contributed by atoms with E-state index in [1.165, 1.54) is 4.88 Å². The van der Waals surface area contributed by atoms with Crippen molar-refractivity contribution < 1.29 is 0 Å². The van der Waals surface area contributed by atoms with Gasteiger partial charge in [-0.2, -0.15) is 15.8 Å². The van der Waals surface area contributed by atoms with E-state index in [1.807, 2.05) is 6.07 Å². The number of allylic oxidation sites excluding steroid dienone is 2. The summed E-state index contributed by atoms with van der Waals surface area (Å²) in [5.41, 5.74) is -0.631. The summed E-state index contributed by atoms with van der Waals surface area (Å²) in [7, 11) is 0. The lowest BCUT2D eigenvalue weighted by atomic mass is 9.54. The second-order valence-electron chi connectivity index (χ2n) is 7.13. The van der Waals surface area contributed by atoms with Gasteiger partial charge < -0.3 is 5.41 Å². The third kappa shape index (κ3) is 2.76. The third-order valence-electron chi connectivity index (χ3n) is 5.69. The fourth-order valence-electron chi connectivity index (χ4n) is 4.36. The molecule has 1 N–H and O–H groups in total. The molecule has 0 bridgehead atoms. The van der Waals surface area contributed by atoms with Crippen LogP contribution in [0.4, 0.5) is 0 Å². The minimum absolute atomic E-state index is 0.000486. The van der Waals surface area contributed by atoms with E-state index in [2.05, 4.69) is 37.3 Å². The van der Waals surface area contributed by atoms with Gasteiger partial charge in [0.1, 0.15) is 5.92 Å². The van der Waals surface area contributed by atoms with E-state index in [0.29, 0.717) is 0 Å². The van der Waals surface area contributed by atoms with Gasteiger partial charge in [-0.05, 0) is 55.7 Å². The molecule has 2 aliphatic rings. The van der Waals surface area contributed by atoms with Gasteiger partial charge in [0.2, 0.25) is 0 Å². The monoisotopic (exact) mass is 362 g/mol. The molecule has 0 radical (unpaired) electrons. The Morgan fingerprint density at radius 3 is 2.69 bits per heavy atom. The van der Waals surface area contributed by atoms with Crippen molar-refractivity contribution in [1.29, 1.82) is 21.2 Å². The van der Waals surface area contributed by atoms with Gasteiger partial charge in [0.15, 0.2) is 5.41 Å². The predicted octanol–water partition coefficient (Wildman–Crippen LogP) is 5.11. The van der Waals surface area contributed by atoms with E-state index < -0.39 is 11.3 Å². The molecule has 4 nitrogen and oxygen atoms in total. The number of rotatable bonds is 4. The summed E-state index contributed by atoms with van der Waals surface area (Å²) in [5, 5.41) is 38.1. The van der Waals surface area contributed by atoms with Gasteiger partial charge in [0.25, 0.3) is 0 Å². The molecule has 5 heteroatoms. The van der Waals surface area contributed by atoms with Crippen molar-refractivity contribution in [2.75, 3.05) is 0 Å². The Morgan fingerprint density at radius 2 is 2.04 bits per heavy atom. The number of thiophene rings is 1. The van der Waals surface area contributed by atoms with Crippen LogP contribution in [-0.4, -0.2) is 5.71 Å². The van der Waals surface area contributed by atoms with Gasteiger partial charge in [-0.3, -0.25) is 0 Å². The number of aryl methyl sites for hydroxylation is 1. The lowest BCUT2D eigenvalue weighted by Gasteiger charge is -2.45. The Morgan fingerprint density at radius 1 is 1.27 bits per heavy atom. The molecule has 132 valence electrons. The summed E-state index contributed by atoms with van der Waals surface area (Å²) in [6.45, 7) is 2.16. The van der Waals surface area contributed by atoms with E-state index in [9.17, 15) is 15.8 Å². The Balaban J connectivity index is 2.12. The molecule has 26 heavy (non-hydrogen) atoms. The van der Waals surface area contributed by atoms with Gasteiger partial charge in [0.05, 0.1) is 23.9 Å². The minimum Gasteiger partial charge on any atom is -0.305 e. The fraction of sp³-hybridized carbons (Fsp3) is 0.524. The molecule has 1 aromatic rings. The molecular formula is C21H22N4S. The molecule has 3 rings (SSSR count). The Hall–Kier alpha value is -2.42. The maximum atomic E-state index is 9.96. The highest BCUT2D eigenvalue weighted by Crippen LogP contribution is 2.56. The summed E-state index contributed by atoms with van der Waals surface area (Å²) in [6.07, 6.45) is 8.10. The van der Waals surface area contributed by atoms with Crippen LogP contribution in [0.3, 0.4) is 0 Å². The molecule has 1 fully saturated rings. The van der Waals surface area contributed by atoms with Crippen molar-refractivity contribution in [3.63, 3.8) is 0 Å². The number of nitrogens with one attached hydrogen (secondary N) is 1. The van der Waals surface area contributed by atoms with E-state index in [4.69, 9.17) is 5.41 Å². The predicted molar refractivity (Wildman–Crippen MR) is 102 cm³/mol. The highest BCUT2D eigenvalue weighted by Gasteiger charge is 2.57. The maximum Gasteiger partial charge on any atom is 0.190 e. The van der Waals surface area contributed by atoms with E-state index in [1.54, 1.807) is 11.3 Å². The molecular weight excluding hydrogens is 340 g/mol. The summed E-state index contributed by atoms with van der Waals surface area (Å²) in [4.78, 5) is 2.28. The van der Waals surface area contributed by atoms with Crippen molar-refractivity contribution >= 4 is 17.0 Å². The van der Waals surface area contributed by atoms with Gasteiger partial charge in [-0.15, -0.1) is 11.3 Å². The third-order valence-corrected chi connectivity index (χ3v) is 6.92. The highest BCUT2D eigenvalue weighted by molar-refractivity contribution is 7.12. The molecule has 2 aliphatic carbocycles. The average molecular weight is 363 g/mol. The summed E-state index contributed by atoms with van der Waals surface area (Å²) < 4.78 is 0. The van der Waals surface area contributed by atoms with Crippen LogP contribution in [0.15, 0.2) is 23.8 Å². The van der Waals surface area contributed by atoms with E-state index >= 15 is 0 Å². The number of unbranched alkanes of at least 4 members (excludes halogenated alkanes) is 1. The largest absolute Gasteiger partial charge is 0.305 e. The summed E-state index contributed by atoms with van der Waals surface area (Å²) in [5.74, 6) is -1.09. The molecule has 1 heterocycles. The average Bonchev–Trinajstić information content (AvgIpc) is 3.14. The first-order chi connectivity index (χ1) is 12.6. The van der Waals surface area contributed by atoms with Crippen LogP contribution in [-0.2, 0) is 6.42 Å². The Labute approximate surface area is 158 Å². The summed E-state index contributed by atoms with van der Waals surface area (Å²) >= 11 is 1.67. The van der Waals surface area contributed by atoms with Gasteiger partial charge in [-0.1, -0.05) is 19.4 Å². The molecule has 0 amide bonds. The number of hydrogen-bond donors (Lipinski definition) is 1. The van der Waals surface area contributed by atoms with Crippen LogP contribution in [0.5, 0.6) is 0 Å². The lowest BCUT2D eigenvalue weighted by molar-refractivity contribution is 0.324. The normalized spacial score (nSPS) is 26.8. The number of fused-ring (bicyclic) bond motifs is 1. The van der Waals surface area contributed by atoms with Crippen LogP contribution >= 0.6 is 11.3 Å². The topological polar surface area (TPSA) is 95.2 Å². The fourth-order valence-corrected chi connectivity index (χ4v) is 5.65. The van der Waals surface area contributed by atoms with Crippen LogP contribution < -0.4 is 0 Å². The van der Waals surface area contributed by atoms with Crippen molar-refractivity contribution in [3.05, 3.63) is 33.5 Å². The molecule has 1 saturated carbocycles. The van der Waals surface area contributed by atoms with E-state index in [-0.39, 0.29) is 17.5 Å². The summed E-state index contributed by atoms with van der Waals surface area (Å²) in [6, 6.07) is 10.6. The van der Waals surface area contributed by atoms with Crippen LogP contribution in [0.1, 0.15) is 54.7 Å². The van der Waals surface area contributed by atoms with Crippen molar-refractivity contribution in [3.8, 4) is 18.2 Å². The zero-order chi connectivity index (χ0) is 18.7. The van der Waals surface area contributed by atoms with E-state index in [0.717, 1.165) is 49.0 Å². The van der Waals surface area contributed by atoms with Crippen molar-refractivity contribution in [1.82, 2.24) is 0 Å². The minimum atomic E-state index is -1.55. The maximum absolute atomic E-state index is 9.96. The molecule has 1 aromatic heterocycles. The lowest BCUT2D eigenvalue weighted by Crippen LogP contribution is -2.48. The Bertz CT molecular complexity index is 844. The quantitative estimate of drug-likeness (QED) is 0.754. The first-order valence-corrected chi connectivity index (χ1v) is 10.0. The zero-order valence-electron chi connectivity index (χ0n) is 15.0. The highest BCUT2D eigenvalue weighted by atomic mass is 32.1. The smallest absolute Gasteiger partial charge is 0.190 e. The zero-order valence-corrected chi connectivity index (χ0v) is 15.8. The van der Waals surface area contributed by atoms with Crippen LogP contribution in [0, 0.1) is 56.7 Å².